The van der Waals surface area contributed by atoms with Crippen LogP contribution in [0, 0.1) is 11.7 Å². The summed E-state index contributed by atoms with van der Waals surface area (Å²) in [5.41, 5.74) is 2.01. The van der Waals surface area contributed by atoms with E-state index in [2.05, 4.69) is 47.2 Å². The molecule has 2 aromatic rings. The van der Waals surface area contributed by atoms with Crippen LogP contribution in [0.3, 0.4) is 0 Å². The number of benzene rings is 2. The molecular formula is C18H21BrFN. The highest BCUT2D eigenvalue weighted by Crippen LogP contribution is 2.27. The standard InChI is InChI=1S/C18H21BrFN/c1-3-21-18(14-7-5-4-6-8-14)13(2)11-15-12-16(19)9-10-17(15)20/h4-10,12-13,18,21H,3,11H2,1-2H3. The predicted octanol–water partition coefficient (Wildman–Crippen LogP) is 5.12. The van der Waals surface area contributed by atoms with Crippen molar-refractivity contribution in [2.24, 2.45) is 5.92 Å². The van der Waals surface area contributed by atoms with E-state index in [4.69, 9.17) is 0 Å². The van der Waals surface area contributed by atoms with Gasteiger partial charge in [0.05, 0.1) is 0 Å². The highest BCUT2D eigenvalue weighted by molar-refractivity contribution is 9.10. The zero-order chi connectivity index (χ0) is 15.2. The van der Waals surface area contributed by atoms with Crippen LogP contribution < -0.4 is 5.32 Å². The molecule has 1 nitrogen and oxygen atoms in total. The Balaban J connectivity index is 2.19. The van der Waals surface area contributed by atoms with Crippen molar-refractivity contribution >= 4 is 15.9 Å². The van der Waals surface area contributed by atoms with Crippen LogP contribution in [0.1, 0.15) is 31.0 Å². The maximum Gasteiger partial charge on any atom is 0.126 e. The minimum absolute atomic E-state index is 0.131. The summed E-state index contributed by atoms with van der Waals surface area (Å²) in [4.78, 5) is 0. The van der Waals surface area contributed by atoms with Crippen molar-refractivity contribution < 1.29 is 4.39 Å². The third kappa shape index (κ3) is 4.39. The zero-order valence-corrected chi connectivity index (χ0v) is 14.0. The topological polar surface area (TPSA) is 12.0 Å². The molecule has 112 valence electrons. The fourth-order valence-corrected chi connectivity index (χ4v) is 3.10. The summed E-state index contributed by atoms with van der Waals surface area (Å²) in [5.74, 6) is 0.171. The average Bonchev–Trinajstić information content (AvgIpc) is 2.49. The molecule has 0 aromatic heterocycles. The third-order valence-corrected chi connectivity index (χ3v) is 4.19. The summed E-state index contributed by atoms with van der Waals surface area (Å²) in [6.07, 6.45) is 0.706. The maximum absolute atomic E-state index is 13.9. The van der Waals surface area contributed by atoms with Crippen LogP contribution in [-0.4, -0.2) is 6.54 Å². The van der Waals surface area contributed by atoms with Gasteiger partial charge < -0.3 is 5.32 Å². The van der Waals surface area contributed by atoms with E-state index in [1.54, 1.807) is 6.07 Å². The molecule has 2 atom stereocenters. The van der Waals surface area contributed by atoms with Gasteiger partial charge >= 0.3 is 0 Å². The molecule has 2 rings (SSSR count). The Morgan fingerprint density at radius 3 is 2.52 bits per heavy atom. The van der Waals surface area contributed by atoms with Gasteiger partial charge in [-0.2, -0.15) is 0 Å². The van der Waals surface area contributed by atoms with Crippen LogP contribution in [-0.2, 0) is 6.42 Å². The number of nitrogens with one attached hydrogen (secondary N) is 1. The first-order valence-electron chi connectivity index (χ1n) is 7.34. The molecule has 0 spiro atoms. The molecule has 1 N–H and O–H groups in total. The molecule has 0 aliphatic heterocycles. The van der Waals surface area contributed by atoms with Crippen LogP contribution in [0.2, 0.25) is 0 Å². The van der Waals surface area contributed by atoms with E-state index in [1.807, 2.05) is 24.3 Å². The van der Waals surface area contributed by atoms with Crippen molar-refractivity contribution in [3.05, 3.63) is 69.9 Å². The summed E-state index contributed by atoms with van der Waals surface area (Å²) in [7, 11) is 0. The van der Waals surface area contributed by atoms with Gasteiger partial charge in [0, 0.05) is 10.5 Å². The fraction of sp³-hybridized carbons (Fsp3) is 0.333. The van der Waals surface area contributed by atoms with E-state index in [0.717, 1.165) is 16.6 Å². The van der Waals surface area contributed by atoms with Gasteiger partial charge in [-0.25, -0.2) is 4.39 Å². The second-order valence-electron chi connectivity index (χ2n) is 5.36. The highest BCUT2D eigenvalue weighted by Gasteiger charge is 2.19. The van der Waals surface area contributed by atoms with Gasteiger partial charge in [-0.05, 0) is 48.2 Å². The van der Waals surface area contributed by atoms with E-state index in [-0.39, 0.29) is 11.9 Å². The van der Waals surface area contributed by atoms with Crippen molar-refractivity contribution in [3.8, 4) is 0 Å². The van der Waals surface area contributed by atoms with E-state index >= 15 is 0 Å². The van der Waals surface area contributed by atoms with Gasteiger partial charge in [0.25, 0.3) is 0 Å². The lowest BCUT2D eigenvalue weighted by Crippen LogP contribution is -2.28. The lowest BCUT2D eigenvalue weighted by Gasteiger charge is -2.25. The van der Waals surface area contributed by atoms with Gasteiger partial charge in [0.1, 0.15) is 5.82 Å². The Bertz CT molecular complexity index is 571. The van der Waals surface area contributed by atoms with Gasteiger partial charge in [0.2, 0.25) is 0 Å². The van der Waals surface area contributed by atoms with Crippen molar-refractivity contribution in [2.75, 3.05) is 6.54 Å². The number of hydrogen-bond donors (Lipinski definition) is 1. The molecule has 0 bridgehead atoms. The van der Waals surface area contributed by atoms with Crippen molar-refractivity contribution in [2.45, 2.75) is 26.3 Å². The van der Waals surface area contributed by atoms with Gasteiger partial charge in [-0.1, -0.05) is 60.1 Å². The second-order valence-corrected chi connectivity index (χ2v) is 6.28. The monoisotopic (exact) mass is 349 g/mol. The van der Waals surface area contributed by atoms with Gasteiger partial charge in [-0.3, -0.25) is 0 Å². The van der Waals surface area contributed by atoms with Gasteiger partial charge in [0.15, 0.2) is 0 Å². The summed E-state index contributed by atoms with van der Waals surface area (Å²) in [5, 5.41) is 3.52. The van der Waals surface area contributed by atoms with E-state index in [9.17, 15) is 4.39 Å². The molecule has 2 unspecified atom stereocenters. The van der Waals surface area contributed by atoms with Gasteiger partial charge in [-0.15, -0.1) is 0 Å². The van der Waals surface area contributed by atoms with E-state index in [0.29, 0.717) is 12.3 Å². The quantitative estimate of drug-likeness (QED) is 0.763. The number of rotatable bonds is 6. The Labute approximate surface area is 134 Å². The SMILES string of the molecule is CCNC(c1ccccc1)C(C)Cc1cc(Br)ccc1F. The molecule has 0 saturated carbocycles. The Kier molecular flexibility index (Phi) is 5.95. The lowest BCUT2D eigenvalue weighted by atomic mass is 9.89. The Morgan fingerprint density at radius 2 is 1.86 bits per heavy atom. The van der Waals surface area contributed by atoms with E-state index < -0.39 is 0 Å². The third-order valence-electron chi connectivity index (χ3n) is 3.70. The molecule has 0 heterocycles. The highest BCUT2D eigenvalue weighted by atomic mass is 79.9. The Morgan fingerprint density at radius 1 is 1.14 bits per heavy atom. The second kappa shape index (κ2) is 7.71. The minimum atomic E-state index is -0.131. The van der Waals surface area contributed by atoms with Crippen molar-refractivity contribution in [1.82, 2.24) is 5.32 Å². The molecule has 0 aliphatic rings. The first kappa shape index (κ1) is 16.2. The van der Waals surface area contributed by atoms with Crippen LogP contribution >= 0.6 is 15.9 Å². The summed E-state index contributed by atoms with van der Waals surface area (Å²) in [6.45, 7) is 5.16. The smallest absolute Gasteiger partial charge is 0.126 e. The molecule has 0 saturated heterocycles. The lowest BCUT2D eigenvalue weighted by molar-refractivity contribution is 0.387. The first-order chi connectivity index (χ1) is 10.1. The minimum Gasteiger partial charge on any atom is -0.310 e. The summed E-state index contributed by atoms with van der Waals surface area (Å²) in [6, 6.07) is 15.7. The largest absolute Gasteiger partial charge is 0.310 e. The molecular weight excluding hydrogens is 329 g/mol. The normalized spacial score (nSPS) is 13.9. The average molecular weight is 350 g/mol. The van der Waals surface area contributed by atoms with Crippen LogP contribution in [0.15, 0.2) is 53.0 Å². The summed E-state index contributed by atoms with van der Waals surface area (Å²) < 4.78 is 14.9. The summed E-state index contributed by atoms with van der Waals surface area (Å²) >= 11 is 3.42. The van der Waals surface area contributed by atoms with Crippen LogP contribution in [0.25, 0.3) is 0 Å². The molecule has 0 fully saturated rings. The van der Waals surface area contributed by atoms with Crippen molar-refractivity contribution in [1.29, 1.82) is 0 Å². The maximum atomic E-state index is 13.9. The Hall–Kier alpha value is -1.19. The molecule has 0 aliphatic carbocycles. The molecule has 3 heteroatoms. The van der Waals surface area contributed by atoms with Crippen molar-refractivity contribution in [3.63, 3.8) is 0 Å². The zero-order valence-electron chi connectivity index (χ0n) is 12.4. The van der Waals surface area contributed by atoms with Crippen LogP contribution in [0.5, 0.6) is 0 Å². The van der Waals surface area contributed by atoms with Crippen LogP contribution in [0.4, 0.5) is 4.39 Å². The molecule has 0 radical (unpaired) electrons. The predicted molar refractivity (Wildman–Crippen MR) is 89.8 cm³/mol. The number of halogens is 2. The molecule has 21 heavy (non-hydrogen) atoms. The van der Waals surface area contributed by atoms with E-state index in [1.165, 1.54) is 11.6 Å². The number of hydrogen-bond acceptors (Lipinski definition) is 1. The first-order valence-corrected chi connectivity index (χ1v) is 8.13. The fourth-order valence-electron chi connectivity index (χ4n) is 2.69. The molecule has 2 aromatic carbocycles. The molecule has 0 amide bonds.